The van der Waals surface area contributed by atoms with E-state index in [1.54, 1.807) is 0 Å². The first kappa shape index (κ1) is 24.9. The largest absolute Gasteiger partial charge is 0.466 e. The molecule has 0 amide bonds. The van der Waals surface area contributed by atoms with Crippen molar-refractivity contribution in [2.24, 2.45) is 0 Å². The number of unbranched alkanes of at least 4 members (excludes halogenated alkanes) is 10. The van der Waals surface area contributed by atoms with Gasteiger partial charge in [0, 0.05) is 7.11 Å². The lowest BCUT2D eigenvalue weighted by atomic mass is 10.1. The highest BCUT2D eigenvalue weighted by Gasteiger charge is 2.23. The minimum Gasteiger partial charge on any atom is -0.466 e. The number of carbonyl (C=O) groups excluding carboxylic acids is 2. The second-order valence-electron chi connectivity index (χ2n) is 6.85. The normalized spacial score (nSPS) is 12.0. The molecular weight excluding hydrogens is 332 g/mol. The van der Waals surface area contributed by atoms with Gasteiger partial charge in [-0.3, -0.25) is 4.79 Å². The van der Waals surface area contributed by atoms with Gasteiger partial charge in [0.25, 0.3) is 0 Å². The summed E-state index contributed by atoms with van der Waals surface area (Å²) in [4.78, 5) is 23.8. The minimum absolute atomic E-state index is 0.0817. The van der Waals surface area contributed by atoms with Crippen LogP contribution in [-0.4, -0.2) is 38.4 Å². The molecule has 0 saturated carbocycles. The van der Waals surface area contributed by atoms with E-state index in [1.165, 1.54) is 58.5 Å². The highest BCUT2D eigenvalue weighted by Crippen LogP contribution is 2.08. The maximum absolute atomic E-state index is 12.0. The third kappa shape index (κ3) is 15.2. The van der Waals surface area contributed by atoms with Crippen molar-refractivity contribution in [3.05, 3.63) is 0 Å². The summed E-state index contributed by atoms with van der Waals surface area (Å²) in [6, 6.07) is 0. The van der Waals surface area contributed by atoms with Crippen molar-refractivity contribution in [1.29, 1.82) is 0 Å². The fraction of sp³-hybridized carbons (Fsp3) is 0.905. The lowest BCUT2D eigenvalue weighted by molar-refractivity contribution is -0.162. The predicted octanol–water partition coefficient (Wildman–Crippen LogP) is 5.20. The van der Waals surface area contributed by atoms with E-state index in [1.807, 2.05) is 0 Å². The Kier molecular flexibility index (Phi) is 17.9. The number of esters is 2. The number of ether oxygens (including phenoxy) is 3. The van der Waals surface area contributed by atoms with Gasteiger partial charge in [-0.1, -0.05) is 78.1 Å². The van der Waals surface area contributed by atoms with Crippen LogP contribution in [0.15, 0.2) is 0 Å². The van der Waals surface area contributed by atoms with Gasteiger partial charge in [0.15, 0.2) is 6.10 Å². The zero-order valence-electron chi connectivity index (χ0n) is 17.2. The quantitative estimate of drug-likeness (QED) is 0.244. The minimum atomic E-state index is -0.868. The second-order valence-corrected chi connectivity index (χ2v) is 6.85. The number of rotatable bonds is 18. The Balaban J connectivity index is 3.73. The van der Waals surface area contributed by atoms with Crippen LogP contribution < -0.4 is 0 Å². The first-order valence-corrected chi connectivity index (χ1v) is 10.5. The molecule has 154 valence electrons. The van der Waals surface area contributed by atoms with Gasteiger partial charge in [-0.05, 0) is 12.8 Å². The molecule has 0 radical (unpaired) electrons. The van der Waals surface area contributed by atoms with Crippen LogP contribution in [0.5, 0.6) is 0 Å². The Hall–Kier alpha value is -1.10. The molecule has 1 atom stereocenters. The third-order valence-electron chi connectivity index (χ3n) is 4.40. The van der Waals surface area contributed by atoms with Crippen molar-refractivity contribution < 1.29 is 23.8 Å². The first-order valence-electron chi connectivity index (χ1n) is 10.5. The summed E-state index contributed by atoms with van der Waals surface area (Å²) < 4.78 is 15.5. The molecule has 0 heterocycles. The molecule has 26 heavy (non-hydrogen) atoms. The summed E-state index contributed by atoms with van der Waals surface area (Å²) in [6.07, 6.45) is 12.7. The summed E-state index contributed by atoms with van der Waals surface area (Å²) in [7, 11) is 1.41. The third-order valence-corrected chi connectivity index (χ3v) is 4.40. The summed E-state index contributed by atoms with van der Waals surface area (Å²) in [5.74, 6) is -0.875. The van der Waals surface area contributed by atoms with Crippen molar-refractivity contribution >= 4 is 11.9 Å². The molecule has 0 bridgehead atoms. The zero-order chi connectivity index (χ0) is 19.5. The summed E-state index contributed by atoms with van der Waals surface area (Å²) in [5, 5.41) is 0. The molecule has 0 N–H and O–H groups in total. The fourth-order valence-electron chi connectivity index (χ4n) is 2.69. The van der Waals surface area contributed by atoms with E-state index in [2.05, 4.69) is 13.8 Å². The molecule has 0 spiro atoms. The predicted molar refractivity (Wildman–Crippen MR) is 104 cm³/mol. The summed E-state index contributed by atoms with van der Waals surface area (Å²) in [5.41, 5.74) is 0. The van der Waals surface area contributed by atoms with Crippen LogP contribution in [-0.2, 0) is 23.8 Å². The highest BCUT2D eigenvalue weighted by molar-refractivity contribution is 5.81. The molecule has 0 aromatic heterocycles. The average Bonchev–Trinajstić information content (AvgIpc) is 2.64. The van der Waals surface area contributed by atoms with Crippen LogP contribution >= 0.6 is 0 Å². The maximum Gasteiger partial charge on any atom is 0.335 e. The van der Waals surface area contributed by atoms with Gasteiger partial charge in [-0.15, -0.1) is 0 Å². The van der Waals surface area contributed by atoms with Crippen LogP contribution in [0.3, 0.4) is 0 Å². The molecule has 0 aliphatic rings. The lowest BCUT2D eigenvalue weighted by Gasteiger charge is -2.14. The van der Waals surface area contributed by atoms with Crippen LogP contribution in [0.1, 0.15) is 97.3 Å². The Bertz CT molecular complexity index is 343. The van der Waals surface area contributed by atoms with Crippen molar-refractivity contribution in [2.45, 2.75) is 103 Å². The Morgan fingerprint density at radius 2 is 1.15 bits per heavy atom. The summed E-state index contributed by atoms with van der Waals surface area (Å²) >= 11 is 0. The van der Waals surface area contributed by atoms with Crippen molar-refractivity contribution in [3.8, 4) is 0 Å². The Morgan fingerprint density at radius 3 is 1.65 bits per heavy atom. The molecular formula is C21H40O5. The van der Waals surface area contributed by atoms with Gasteiger partial charge >= 0.3 is 11.9 Å². The smallest absolute Gasteiger partial charge is 0.335 e. The van der Waals surface area contributed by atoms with Crippen LogP contribution in [0.2, 0.25) is 0 Å². The van der Waals surface area contributed by atoms with E-state index in [0.717, 1.165) is 25.7 Å². The van der Waals surface area contributed by atoms with Gasteiger partial charge in [0.05, 0.1) is 19.6 Å². The second kappa shape index (κ2) is 18.7. The SMILES string of the molecule is CCCCCCCCOC(=O)CC(OC)C(=O)OCCCCCCCC. The van der Waals surface area contributed by atoms with Gasteiger partial charge in [-0.25, -0.2) is 4.79 Å². The van der Waals surface area contributed by atoms with E-state index < -0.39 is 18.0 Å². The van der Waals surface area contributed by atoms with Crippen LogP contribution in [0, 0.1) is 0 Å². The monoisotopic (exact) mass is 372 g/mol. The average molecular weight is 373 g/mol. The van der Waals surface area contributed by atoms with Gasteiger partial charge in [0.1, 0.15) is 0 Å². The molecule has 5 nitrogen and oxygen atoms in total. The molecule has 0 aromatic rings. The molecule has 0 rings (SSSR count). The number of hydrogen-bond acceptors (Lipinski definition) is 5. The fourth-order valence-corrected chi connectivity index (χ4v) is 2.69. The number of carbonyl (C=O) groups is 2. The summed E-state index contributed by atoms with van der Waals surface area (Å²) in [6.45, 7) is 5.17. The van der Waals surface area contributed by atoms with Crippen molar-refractivity contribution in [2.75, 3.05) is 20.3 Å². The van der Waals surface area contributed by atoms with E-state index in [4.69, 9.17) is 14.2 Å². The zero-order valence-corrected chi connectivity index (χ0v) is 17.2. The topological polar surface area (TPSA) is 61.8 Å². The van der Waals surface area contributed by atoms with Gasteiger partial charge < -0.3 is 14.2 Å². The van der Waals surface area contributed by atoms with Crippen LogP contribution in [0.25, 0.3) is 0 Å². The molecule has 0 saturated heterocycles. The standard InChI is InChI=1S/C21H40O5/c1-4-6-8-10-12-14-16-25-20(22)18-19(24-3)21(23)26-17-15-13-11-9-7-5-2/h19H,4-18H2,1-3H3. The van der Waals surface area contributed by atoms with Crippen molar-refractivity contribution in [1.82, 2.24) is 0 Å². The van der Waals surface area contributed by atoms with E-state index in [-0.39, 0.29) is 6.42 Å². The number of methoxy groups -OCH3 is 1. The lowest BCUT2D eigenvalue weighted by Crippen LogP contribution is -2.29. The van der Waals surface area contributed by atoms with Gasteiger partial charge in [0.2, 0.25) is 0 Å². The number of hydrogen-bond donors (Lipinski definition) is 0. The van der Waals surface area contributed by atoms with E-state index in [0.29, 0.717) is 13.2 Å². The molecule has 0 aliphatic heterocycles. The molecule has 1 unspecified atom stereocenters. The Labute approximate surface area is 160 Å². The maximum atomic E-state index is 12.0. The van der Waals surface area contributed by atoms with Crippen molar-refractivity contribution in [3.63, 3.8) is 0 Å². The molecule has 0 aliphatic carbocycles. The first-order chi connectivity index (χ1) is 12.7. The molecule has 0 fully saturated rings. The van der Waals surface area contributed by atoms with Crippen LogP contribution in [0.4, 0.5) is 0 Å². The molecule has 5 heteroatoms. The highest BCUT2D eigenvalue weighted by atomic mass is 16.6. The van der Waals surface area contributed by atoms with E-state index in [9.17, 15) is 9.59 Å². The Morgan fingerprint density at radius 1 is 0.692 bits per heavy atom. The molecule has 0 aromatic carbocycles. The van der Waals surface area contributed by atoms with E-state index >= 15 is 0 Å². The van der Waals surface area contributed by atoms with Gasteiger partial charge in [-0.2, -0.15) is 0 Å².